The Balaban J connectivity index is 1.68. The number of nitrogens with zero attached hydrogens (tertiary/aromatic N) is 2. The number of hydrogen-bond acceptors (Lipinski definition) is 6. The lowest BCUT2D eigenvalue weighted by molar-refractivity contribution is 0.0681. The van der Waals surface area contributed by atoms with Crippen molar-refractivity contribution < 1.29 is 24.2 Å². The minimum atomic E-state index is -1.24. The molecular weight excluding hydrogens is 475 g/mol. The van der Waals surface area contributed by atoms with E-state index in [4.69, 9.17) is 11.6 Å². The number of carboxylic acid groups (broad SMARTS) is 2. The van der Waals surface area contributed by atoms with Crippen LogP contribution < -0.4 is 0 Å². The molecule has 0 aliphatic heterocycles. The van der Waals surface area contributed by atoms with Crippen LogP contribution in [0.2, 0.25) is 5.02 Å². The number of thiazole rings is 2. The zero-order valence-corrected chi connectivity index (χ0v) is 18.8. The van der Waals surface area contributed by atoms with E-state index in [1.165, 1.54) is 29.5 Å². The second kappa shape index (κ2) is 8.78. The van der Waals surface area contributed by atoms with Gasteiger partial charge in [-0.1, -0.05) is 41.9 Å². The summed E-state index contributed by atoms with van der Waals surface area (Å²) in [6, 6.07) is 11.1. The van der Waals surface area contributed by atoms with Gasteiger partial charge in [-0.05, 0) is 24.6 Å². The van der Waals surface area contributed by atoms with E-state index in [2.05, 4.69) is 9.97 Å². The molecule has 0 unspecified atom stereocenters. The van der Waals surface area contributed by atoms with E-state index < -0.39 is 17.8 Å². The van der Waals surface area contributed by atoms with Crippen LogP contribution in [0.25, 0.3) is 20.9 Å². The number of aromatic carboxylic acids is 2. The van der Waals surface area contributed by atoms with Gasteiger partial charge in [-0.15, -0.1) is 22.7 Å². The van der Waals surface area contributed by atoms with Crippen molar-refractivity contribution in [3.05, 3.63) is 80.3 Å². The van der Waals surface area contributed by atoms with Crippen molar-refractivity contribution in [1.29, 1.82) is 0 Å². The first-order chi connectivity index (χ1) is 15.2. The Labute approximate surface area is 194 Å². The summed E-state index contributed by atoms with van der Waals surface area (Å²) in [5, 5.41) is 20.4. The summed E-state index contributed by atoms with van der Waals surface area (Å²) in [5.74, 6) is -2.89. The van der Waals surface area contributed by atoms with Crippen LogP contribution in [-0.2, 0) is 6.42 Å². The van der Waals surface area contributed by atoms with E-state index in [-0.39, 0.29) is 28.2 Å². The smallest absolute Gasteiger partial charge is 0.356 e. The summed E-state index contributed by atoms with van der Waals surface area (Å²) in [4.78, 5) is 32.1. The molecule has 0 aliphatic rings. The number of carboxylic acids is 2. The van der Waals surface area contributed by atoms with Gasteiger partial charge in [-0.3, -0.25) is 0 Å². The van der Waals surface area contributed by atoms with Crippen LogP contribution in [0.15, 0.2) is 42.5 Å². The Morgan fingerprint density at radius 1 is 0.969 bits per heavy atom. The molecule has 0 fully saturated rings. The monoisotopic (exact) mass is 488 g/mol. The quantitative estimate of drug-likeness (QED) is 0.344. The van der Waals surface area contributed by atoms with E-state index >= 15 is 0 Å². The maximum Gasteiger partial charge on any atom is 0.356 e. The number of aromatic nitrogens is 2. The molecule has 0 saturated heterocycles. The topological polar surface area (TPSA) is 100 Å². The molecule has 2 N–H and O–H groups in total. The molecule has 10 heteroatoms. The third kappa shape index (κ3) is 4.27. The lowest BCUT2D eigenvalue weighted by Crippen LogP contribution is -2.00. The van der Waals surface area contributed by atoms with E-state index in [1.807, 2.05) is 0 Å². The molecule has 32 heavy (non-hydrogen) atoms. The second-order valence-electron chi connectivity index (χ2n) is 6.78. The lowest BCUT2D eigenvalue weighted by Gasteiger charge is -2.06. The van der Waals surface area contributed by atoms with Crippen LogP contribution in [-0.4, -0.2) is 32.1 Å². The van der Waals surface area contributed by atoms with Crippen molar-refractivity contribution in [3.8, 4) is 20.9 Å². The van der Waals surface area contributed by atoms with Crippen LogP contribution in [0, 0.1) is 12.7 Å². The molecule has 0 atom stereocenters. The highest BCUT2D eigenvalue weighted by Crippen LogP contribution is 2.37. The first-order valence-corrected chi connectivity index (χ1v) is 11.2. The summed E-state index contributed by atoms with van der Waals surface area (Å²) < 4.78 is 14.2. The lowest BCUT2D eigenvalue weighted by atomic mass is 10.1. The van der Waals surface area contributed by atoms with E-state index in [9.17, 15) is 24.2 Å². The molecule has 0 radical (unpaired) electrons. The average molecular weight is 489 g/mol. The van der Waals surface area contributed by atoms with Gasteiger partial charge in [0.1, 0.15) is 5.82 Å². The SMILES string of the molecule is Cc1nc(C(=O)O)c(-c2ccc(Cc3nc(C(=O)O)c(-c4ccccc4F)s3)cc2Cl)s1. The molecule has 0 spiro atoms. The van der Waals surface area contributed by atoms with Gasteiger partial charge in [0.05, 0.1) is 19.8 Å². The van der Waals surface area contributed by atoms with Crippen molar-refractivity contribution in [2.24, 2.45) is 0 Å². The Hall–Kier alpha value is -3.14. The van der Waals surface area contributed by atoms with E-state index in [0.717, 1.165) is 16.9 Å². The third-order valence-electron chi connectivity index (χ3n) is 4.56. The van der Waals surface area contributed by atoms with Crippen molar-refractivity contribution in [2.75, 3.05) is 0 Å². The average Bonchev–Trinajstić information content (AvgIpc) is 3.32. The molecule has 2 aromatic carbocycles. The van der Waals surface area contributed by atoms with Crippen molar-refractivity contribution in [1.82, 2.24) is 9.97 Å². The molecule has 4 aromatic rings. The van der Waals surface area contributed by atoms with Gasteiger partial charge in [-0.25, -0.2) is 23.9 Å². The molecule has 0 amide bonds. The summed E-state index contributed by atoms with van der Waals surface area (Å²) >= 11 is 8.79. The van der Waals surface area contributed by atoms with Gasteiger partial charge in [0, 0.05) is 22.6 Å². The Bertz CT molecular complexity index is 1370. The number of carbonyl (C=O) groups is 2. The van der Waals surface area contributed by atoms with Crippen LogP contribution in [0.5, 0.6) is 0 Å². The Kier molecular flexibility index (Phi) is 6.05. The Morgan fingerprint density at radius 3 is 2.28 bits per heavy atom. The summed E-state index contributed by atoms with van der Waals surface area (Å²) in [6.07, 6.45) is 0.285. The molecule has 4 rings (SSSR count). The Morgan fingerprint density at radius 2 is 1.62 bits per heavy atom. The summed E-state index contributed by atoms with van der Waals surface area (Å²) in [7, 11) is 0. The second-order valence-corrected chi connectivity index (χ2v) is 9.47. The van der Waals surface area contributed by atoms with E-state index in [1.54, 1.807) is 31.2 Å². The van der Waals surface area contributed by atoms with Gasteiger partial charge >= 0.3 is 11.9 Å². The van der Waals surface area contributed by atoms with E-state index in [0.29, 0.717) is 25.5 Å². The highest BCUT2D eigenvalue weighted by Gasteiger charge is 2.22. The number of rotatable bonds is 6. The number of halogens is 2. The van der Waals surface area contributed by atoms with Crippen LogP contribution >= 0.6 is 34.3 Å². The van der Waals surface area contributed by atoms with Crippen LogP contribution in [0.4, 0.5) is 4.39 Å². The fourth-order valence-corrected chi connectivity index (χ4v) is 5.61. The van der Waals surface area contributed by atoms with Gasteiger partial charge < -0.3 is 10.2 Å². The highest BCUT2D eigenvalue weighted by molar-refractivity contribution is 7.15. The maximum absolute atomic E-state index is 14.2. The van der Waals surface area contributed by atoms with Crippen molar-refractivity contribution in [2.45, 2.75) is 13.3 Å². The standard InChI is InChI=1S/C22H14ClFN2O4S2/c1-10-25-17(21(27)28)19(31-10)12-7-6-11(8-14(12)23)9-16-26-18(22(29)30)20(32-16)13-4-2-3-5-15(13)24/h2-8H,9H2,1H3,(H,27,28)(H,29,30). The largest absolute Gasteiger partial charge is 0.476 e. The minimum absolute atomic E-state index is 0.0531. The first-order valence-electron chi connectivity index (χ1n) is 9.22. The summed E-state index contributed by atoms with van der Waals surface area (Å²) in [6.45, 7) is 1.72. The predicted octanol–water partition coefficient (Wildman–Crippen LogP) is 6.02. The minimum Gasteiger partial charge on any atom is -0.476 e. The van der Waals surface area contributed by atoms with Gasteiger partial charge in [0.25, 0.3) is 0 Å². The first kappa shape index (κ1) is 22.1. The molecule has 0 aliphatic carbocycles. The summed E-state index contributed by atoms with van der Waals surface area (Å²) in [5.41, 5.74) is 1.23. The molecule has 2 heterocycles. The third-order valence-corrected chi connectivity index (χ3v) is 6.97. The fraction of sp³-hybridized carbons (Fsp3) is 0.0909. The van der Waals surface area contributed by atoms with Crippen molar-refractivity contribution in [3.63, 3.8) is 0 Å². The molecule has 6 nitrogen and oxygen atoms in total. The van der Waals surface area contributed by atoms with Gasteiger partial charge in [0.2, 0.25) is 0 Å². The van der Waals surface area contributed by atoms with Gasteiger partial charge in [-0.2, -0.15) is 0 Å². The zero-order valence-electron chi connectivity index (χ0n) is 16.4. The molecule has 2 aromatic heterocycles. The number of aryl methyl sites for hydroxylation is 1. The maximum atomic E-state index is 14.2. The van der Waals surface area contributed by atoms with Crippen LogP contribution in [0.3, 0.4) is 0 Å². The number of benzene rings is 2. The molecular formula is C22H14ClFN2O4S2. The van der Waals surface area contributed by atoms with Crippen LogP contribution in [0.1, 0.15) is 36.6 Å². The number of hydrogen-bond donors (Lipinski definition) is 2. The molecule has 0 bridgehead atoms. The molecule has 162 valence electrons. The predicted molar refractivity (Wildman–Crippen MR) is 122 cm³/mol. The van der Waals surface area contributed by atoms with Gasteiger partial charge in [0.15, 0.2) is 11.4 Å². The van der Waals surface area contributed by atoms with Crippen molar-refractivity contribution >= 4 is 46.2 Å². The normalized spacial score (nSPS) is 11.0. The zero-order chi connectivity index (χ0) is 23.0. The highest BCUT2D eigenvalue weighted by atomic mass is 35.5. The fourth-order valence-electron chi connectivity index (χ4n) is 3.19. The molecule has 0 saturated carbocycles.